The second-order valence-corrected chi connectivity index (χ2v) is 6.44. The molecule has 5 nitrogen and oxygen atoms in total. The molecule has 4 N–H and O–H groups in total. The first-order valence-electron chi connectivity index (χ1n) is 5.22. The van der Waals surface area contributed by atoms with Gasteiger partial charge in [0.15, 0.2) is 0 Å². The number of anilines is 1. The van der Waals surface area contributed by atoms with Crippen molar-refractivity contribution in [3.8, 4) is 0 Å². The van der Waals surface area contributed by atoms with E-state index in [0.717, 1.165) is 0 Å². The third-order valence-electron chi connectivity index (χ3n) is 2.03. The molecular weight excluding hydrogens is 240 g/mol. The lowest BCUT2D eigenvalue weighted by atomic mass is 10.1. The number of hydrogen-bond acceptors (Lipinski definition) is 4. The fraction of sp³-hybridized carbons (Fsp3) is 0.455. The van der Waals surface area contributed by atoms with Crippen LogP contribution in [0.3, 0.4) is 0 Å². The van der Waals surface area contributed by atoms with Gasteiger partial charge in [-0.3, -0.25) is 0 Å². The van der Waals surface area contributed by atoms with Crippen molar-refractivity contribution in [1.29, 1.82) is 0 Å². The molecule has 1 aromatic rings. The summed E-state index contributed by atoms with van der Waals surface area (Å²) in [4.78, 5) is 0. The minimum absolute atomic E-state index is 0.0162. The molecule has 0 bridgehead atoms. The summed E-state index contributed by atoms with van der Waals surface area (Å²) in [5.41, 5.74) is 5.65. The first-order chi connectivity index (χ1) is 7.68. The highest BCUT2D eigenvalue weighted by molar-refractivity contribution is 7.88. The van der Waals surface area contributed by atoms with Gasteiger partial charge in [0.05, 0.1) is 11.4 Å². The van der Waals surface area contributed by atoms with Gasteiger partial charge in [0.2, 0.25) is 10.0 Å². The summed E-state index contributed by atoms with van der Waals surface area (Å²) >= 11 is 0. The third kappa shape index (κ3) is 5.67. The highest BCUT2D eigenvalue weighted by Gasteiger charge is 2.18. The number of aliphatic hydroxyl groups is 1. The quantitative estimate of drug-likeness (QED) is 0.669. The highest BCUT2D eigenvalue weighted by atomic mass is 32.2. The van der Waals surface area contributed by atoms with Gasteiger partial charge in [-0.1, -0.05) is 12.1 Å². The van der Waals surface area contributed by atoms with Crippen LogP contribution in [0, 0.1) is 0 Å². The summed E-state index contributed by atoms with van der Waals surface area (Å²) < 4.78 is 25.7. The Morgan fingerprint density at radius 1 is 1.41 bits per heavy atom. The van der Waals surface area contributed by atoms with Crippen molar-refractivity contribution in [2.24, 2.45) is 0 Å². The predicted molar refractivity (Wildman–Crippen MR) is 67.8 cm³/mol. The van der Waals surface area contributed by atoms with Crippen molar-refractivity contribution in [2.45, 2.75) is 25.2 Å². The molecule has 96 valence electrons. The Morgan fingerprint density at radius 3 is 2.59 bits per heavy atom. The van der Waals surface area contributed by atoms with Crippen LogP contribution in [0.25, 0.3) is 0 Å². The molecule has 1 aromatic carbocycles. The number of rotatable bonds is 5. The van der Waals surface area contributed by atoms with Crippen LogP contribution in [0.1, 0.15) is 19.4 Å². The van der Waals surface area contributed by atoms with E-state index in [1.54, 1.807) is 24.3 Å². The minimum atomic E-state index is -3.45. The number of nitrogen functional groups attached to an aromatic ring is 1. The smallest absolute Gasteiger partial charge is 0.215 e. The molecular formula is C11H18N2O3S. The molecule has 0 fully saturated rings. The molecule has 0 aliphatic heterocycles. The normalized spacial score (nSPS) is 12.6. The Hall–Kier alpha value is -1.11. The van der Waals surface area contributed by atoms with Crippen molar-refractivity contribution in [3.63, 3.8) is 0 Å². The molecule has 0 spiro atoms. The third-order valence-corrected chi connectivity index (χ3v) is 3.33. The van der Waals surface area contributed by atoms with Crippen molar-refractivity contribution in [2.75, 3.05) is 12.3 Å². The second kappa shape index (κ2) is 5.03. The van der Waals surface area contributed by atoms with Crippen LogP contribution in [0.2, 0.25) is 0 Å². The number of hydrogen-bond donors (Lipinski definition) is 3. The van der Waals surface area contributed by atoms with Gasteiger partial charge in [-0.05, 0) is 31.5 Å². The predicted octanol–water partition coefficient (Wildman–Crippen LogP) is 0.459. The van der Waals surface area contributed by atoms with Gasteiger partial charge >= 0.3 is 0 Å². The van der Waals surface area contributed by atoms with Gasteiger partial charge in [-0.2, -0.15) is 0 Å². The first-order valence-corrected chi connectivity index (χ1v) is 6.87. The van der Waals surface area contributed by atoms with Crippen LogP contribution in [-0.2, 0) is 15.8 Å². The average Bonchev–Trinajstić information content (AvgIpc) is 2.13. The molecule has 0 amide bonds. The lowest BCUT2D eigenvalue weighted by Gasteiger charge is -2.17. The zero-order valence-corrected chi connectivity index (χ0v) is 10.8. The lowest BCUT2D eigenvalue weighted by Crippen LogP contribution is -2.38. The molecule has 0 atom stereocenters. The number of benzene rings is 1. The Labute approximate surface area is 102 Å². The molecule has 0 aliphatic rings. The van der Waals surface area contributed by atoms with E-state index in [1.165, 1.54) is 13.8 Å². The van der Waals surface area contributed by atoms with Crippen LogP contribution >= 0.6 is 0 Å². The maximum Gasteiger partial charge on any atom is 0.215 e. The summed E-state index contributed by atoms with van der Waals surface area (Å²) in [6, 6.07) is 6.71. The van der Waals surface area contributed by atoms with E-state index in [4.69, 9.17) is 5.73 Å². The van der Waals surface area contributed by atoms with Crippen molar-refractivity contribution < 1.29 is 13.5 Å². The van der Waals surface area contributed by atoms with Gasteiger partial charge in [-0.15, -0.1) is 0 Å². The summed E-state index contributed by atoms with van der Waals surface area (Å²) in [6.07, 6.45) is 0. The van der Waals surface area contributed by atoms with E-state index in [1.807, 2.05) is 0 Å². The second-order valence-electron chi connectivity index (χ2n) is 4.64. The number of nitrogens with one attached hydrogen (secondary N) is 1. The van der Waals surface area contributed by atoms with E-state index in [0.29, 0.717) is 11.3 Å². The average molecular weight is 258 g/mol. The molecule has 1 rings (SSSR count). The molecule has 0 saturated heterocycles. The number of nitrogens with two attached hydrogens (primary N) is 1. The van der Waals surface area contributed by atoms with Gasteiger partial charge < -0.3 is 10.8 Å². The van der Waals surface area contributed by atoms with Crippen molar-refractivity contribution in [1.82, 2.24) is 4.72 Å². The molecule has 6 heteroatoms. The summed E-state index contributed by atoms with van der Waals surface area (Å²) in [5.74, 6) is -0.145. The monoisotopic (exact) mass is 258 g/mol. The first kappa shape index (κ1) is 14.0. The van der Waals surface area contributed by atoms with Crippen LogP contribution in [0.15, 0.2) is 24.3 Å². The lowest BCUT2D eigenvalue weighted by molar-refractivity contribution is 0.0857. The Kier molecular flexibility index (Phi) is 4.13. The van der Waals surface area contributed by atoms with Gasteiger partial charge in [0.25, 0.3) is 0 Å². The Balaban J connectivity index is 2.67. The van der Waals surface area contributed by atoms with E-state index in [-0.39, 0.29) is 12.3 Å². The van der Waals surface area contributed by atoms with E-state index >= 15 is 0 Å². The molecule has 17 heavy (non-hydrogen) atoms. The summed E-state index contributed by atoms with van der Waals surface area (Å²) in [6.45, 7) is 3.06. The summed E-state index contributed by atoms with van der Waals surface area (Å²) in [5, 5.41) is 9.44. The topological polar surface area (TPSA) is 92.4 Å². The van der Waals surface area contributed by atoms with E-state index in [2.05, 4.69) is 4.72 Å². The van der Waals surface area contributed by atoms with Gasteiger partial charge in [0.1, 0.15) is 0 Å². The standard InChI is InChI=1S/C11H18N2O3S/c1-11(2,14)8-13-17(15,16)7-9-4-3-5-10(12)6-9/h3-6,13-14H,7-8,12H2,1-2H3. The highest BCUT2D eigenvalue weighted by Crippen LogP contribution is 2.10. The van der Waals surface area contributed by atoms with Gasteiger partial charge in [0, 0.05) is 12.2 Å². The zero-order valence-electron chi connectivity index (χ0n) is 9.97. The van der Waals surface area contributed by atoms with Crippen LogP contribution in [-0.4, -0.2) is 25.7 Å². The molecule has 0 aliphatic carbocycles. The van der Waals surface area contributed by atoms with Crippen LogP contribution in [0.4, 0.5) is 5.69 Å². The van der Waals surface area contributed by atoms with Crippen LogP contribution < -0.4 is 10.5 Å². The molecule has 0 radical (unpaired) electrons. The SMILES string of the molecule is CC(C)(O)CNS(=O)(=O)Cc1cccc(N)c1. The number of sulfonamides is 1. The van der Waals surface area contributed by atoms with Crippen molar-refractivity contribution in [3.05, 3.63) is 29.8 Å². The van der Waals surface area contributed by atoms with Gasteiger partial charge in [-0.25, -0.2) is 13.1 Å². The Bertz CT molecular complexity index is 478. The summed E-state index contributed by atoms with van der Waals surface area (Å²) in [7, 11) is -3.45. The van der Waals surface area contributed by atoms with E-state index in [9.17, 15) is 13.5 Å². The zero-order chi connectivity index (χ0) is 13.1. The Morgan fingerprint density at radius 2 is 2.06 bits per heavy atom. The largest absolute Gasteiger partial charge is 0.399 e. The fourth-order valence-electron chi connectivity index (χ4n) is 1.24. The molecule has 0 aromatic heterocycles. The minimum Gasteiger partial charge on any atom is -0.399 e. The molecule has 0 saturated carbocycles. The van der Waals surface area contributed by atoms with Crippen molar-refractivity contribution >= 4 is 15.7 Å². The fourth-order valence-corrected chi connectivity index (χ4v) is 2.53. The maximum atomic E-state index is 11.7. The maximum absolute atomic E-state index is 11.7. The van der Waals surface area contributed by atoms with E-state index < -0.39 is 15.6 Å². The molecule has 0 unspecified atom stereocenters. The van der Waals surface area contributed by atoms with Crippen LogP contribution in [0.5, 0.6) is 0 Å². The molecule has 0 heterocycles.